The van der Waals surface area contributed by atoms with Gasteiger partial charge in [-0.2, -0.15) is 5.26 Å². The number of nitriles is 1. The van der Waals surface area contributed by atoms with E-state index in [1.54, 1.807) is 6.07 Å². The largest absolute Gasteiger partial charge is 0.312 e. The highest BCUT2D eigenvalue weighted by Gasteiger charge is 2.11. The van der Waals surface area contributed by atoms with E-state index in [0.29, 0.717) is 17.4 Å². The van der Waals surface area contributed by atoms with Crippen molar-refractivity contribution in [3.05, 3.63) is 33.7 Å². The molecule has 98 valence electrons. The van der Waals surface area contributed by atoms with Gasteiger partial charge in [0.15, 0.2) is 0 Å². The molecule has 0 atom stereocenters. The molecule has 3 heteroatoms. The summed E-state index contributed by atoms with van der Waals surface area (Å²) in [6.45, 7) is 9.22. The molecule has 0 unspecified atom stereocenters. The smallest absolute Gasteiger partial charge is 0.255 e. The predicted octanol–water partition coefficient (Wildman–Crippen LogP) is 3.08. The van der Waals surface area contributed by atoms with Gasteiger partial charge in [0, 0.05) is 17.8 Å². The molecule has 0 saturated carbocycles. The third kappa shape index (κ3) is 3.46. The molecule has 0 bridgehead atoms. The molecular formula is C15H22N2O. The number of pyridine rings is 1. The summed E-state index contributed by atoms with van der Waals surface area (Å²) < 4.78 is 1.84. The van der Waals surface area contributed by atoms with Gasteiger partial charge in [-0.3, -0.25) is 4.79 Å². The van der Waals surface area contributed by atoms with Gasteiger partial charge >= 0.3 is 0 Å². The van der Waals surface area contributed by atoms with E-state index in [9.17, 15) is 4.79 Å². The van der Waals surface area contributed by atoms with Crippen LogP contribution in [0.4, 0.5) is 0 Å². The molecule has 0 saturated heterocycles. The average Bonchev–Trinajstić information content (AvgIpc) is 2.29. The lowest BCUT2D eigenvalue weighted by Crippen LogP contribution is -2.27. The Balaban J connectivity index is 3.19. The van der Waals surface area contributed by atoms with Crippen molar-refractivity contribution in [1.29, 1.82) is 5.26 Å². The first-order valence-electron chi connectivity index (χ1n) is 6.57. The van der Waals surface area contributed by atoms with Crippen LogP contribution in [0.25, 0.3) is 0 Å². The maximum atomic E-state index is 12.3. The first-order chi connectivity index (χ1) is 8.47. The van der Waals surface area contributed by atoms with Crippen LogP contribution in [0.5, 0.6) is 0 Å². The number of nitrogens with zero attached hydrogens (tertiary/aromatic N) is 2. The normalized spacial score (nSPS) is 10.9. The highest BCUT2D eigenvalue weighted by atomic mass is 16.1. The Kier molecular flexibility index (Phi) is 5.15. The van der Waals surface area contributed by atoms with E-state index < -0.39 is 0 Å². The van der Waals surface area contributed by atoms with Crippen LogP contribution in [0.15, 0.2) is 16.9 Å². The van der Waals surface area contributed by atoms with Gasteiger partial charge in [0.25, 0.3) is 5.56 Å². The maximum absolute atomic E-state index is 12.3. The third-order valence-electron chi connectivity index (χ3n) is 3.08. The van der Waals surface area contributed by atoms with Crippen molar-refractivity contribution >= 4 is 0 Å². The second-order valence-corrected chi connectivity index (χ2v) is 5.41. The highest BCUT2D eigenvalue weighted by molar-refractivity contribution is 5.20. The molecule has 0 aliphatic rings. The zero-order chi connectivity index (χ0) is 13.7. The van der Waals surface area contributed by atoms with Gasteiger partial charge in [0.2, 0.25) is 0 Å². The monoisotopic (exact) mass is 246 g/mol. The molecule has 0 radical (unpaired) electrons. The van der Waals surface area contributed by atoms with Crippen LogP contribution < -0.4 is 5.56 Å². The fourth-order valence-electron chi connectivity index (χ4n) is 1.98. The minimum atomic E-state index is 0.00315. The fourth-order valence-corrected chi connectivity index (χ4v) is 1.98. The highest BCUT2D eigenvalue weighted by Crippen LogP contribution is 2.14. The number of hydrogen-bond acceptors (Lipinski definition) is 2. The van der Waals surface area contributed by atoms with E-state index in [1.807, 2.05) is 10.6 Å². The minimum Gasteiger partial charge on any atom is -0.312 e. The molecule has 0 aliphatic heterocycles. The van der Waals surface area contributed by atoms with Crippen LogP contribution in [-0.2, 0) is 13.0 Å². The Morgan fingerprint density at radius 3 is 2.44 bits per heavy atom. The topological polar surface area (TPSA) is 45.8 Å². The first-order valence-corrected chi connectivity index (χ1v) is 6.57. The second kappa shape index (κ2) is 6.39. The molecule has 0 amide bonds. The van der Waals surface area contributed by atoms with Crippen LogP contribution in [0.2, 0.25) is 0 Å². The van der Waals surface area contributed by atoms with Crippen LogP contribution >= 0.6 is 0 Å². The van der Waals surface area contributed by atoms with Crippen molar-refractivity contribution in [2.24, 2.45) is 5.92 Å². The summed E-state index contributed by atoms with van der Waals surface area (Å²) in [5.41, 5.74) is 1.66. The van der Waals surface area contributed by atoms with E-state index in [1.165, 1.54) is 0 Å². The number of hydrogen-bond donors (Lipinski definition) is 0. The van der Waals surface area contributed by atoms with Crippen LogP contribution in [0.1, 0.15) is 51.3 Å². The Labute approximate surface area is 109 Å². The van der Waals surface area contributed by atoms with Gasteiger partial charge in [0.05, 0.1) is 12.5 Å². The third-order valence-corrected chi connectivity index (χ3v) is 3.08. The van der Waals surface area contributed by atoms with E-state index in [4.69, 9.17) is 5.26 Å². The first kappa shape index (κ1) is 14.5. The van der Waals surface area contributed by atoms with Crippen molar-refractivity contribution in [2.45, 2.75) is 53.0 Å². The van der Waals surface area contributed by atoms with Crippen molar-refractivity contribution in [3.8, 4) is 6.07 Å². The fraction of sp³-hybridized carbons (Fsp3) is 0.600. The summed E-state index contributed by atoms with van der Waals surface area (Å²) in [6.07, 6.45) is 1.18. The Morgan fingerprint density at radius 2 is 1.94 bits per heavy atom. The Hall–Kier alpha value is -1.56. The van der Waals surface area contributed by atoms with E-state index >= 15 is 0 Å². The summed E-state index contributed by atoms with van der Waals surface area (Å²) in [4.78, 5) is 12.3. The van der Waals surface area contributed by atoms with Gasteiger partial charge in [0.1, 0.15) is 0 Å². The molecule has 1 aromatic heterocycles. The zero-order valence-corrected chi connectivity index (χ0v) is 11.7. The van der Waals surface area contributed by atoms with Crippen LogP contribution in [-0.4, -0.2) is 4.57 Å². The maximum Gasteiger partial charge on any atom is 0.255 e. The molecule has 18 heavy (non-hydrogen) atoms. The molecule has 1 heterocycles. The summed E-state index contributed by atoms with van der Waals surface area (Å²) in [5, 5.41) is 8.73. The standard InChI is InChI=1S/C15H22N2O/c1-11(2)8-10-17-14(12(3)4)6-5-13(7-9-16)15(17)18/h5-6,11-12H,7-8,10H2,1-4H3. The summed E-state index contributed by atoms with van der Waals surface area (Å²) in [6, 6.07) is 5.84. The SMILES string of the molecule is CC(C)CCn1c(C(C)C)ccc(CC#N)c1=O. The van der Waals surface area contributed by atoms with Gasteiger partial charge in [-0.05, 0) is 24.3 Å². The number of rotatable bonds is 5. The molecule has 0 fully saturated rings. The molecule has 0 N–H and O–H groups in total. The van der Waals surface area contributed by atoms with Crippen LogP contribution in [0, 0.1) is 17.2 Å². The average molecular weight is 246 g/mol. The van der Waals surface area contributed by atoms with Gasteiger partial charge in [-0.15, -0.1) is 0 Å². The minimum absolute atomic E-state index is 0.00315. The zero-order valence-electron chi connectivity index (χ0n) is 11.7. The number of aromatic nitrogens is 1. The summed E-state index contributed by atoms with van der Waals surface area (Å²) >= 11 is 0. The Morgan fingerprint density at radius 1 is 1.28 bits per heavy atom. The predicted molar refractivity (Wildman–Crippen MR) is 73.6 cm³/mol. The molecule has 0 aromatic carbocycles. The second-order valence-electron chi connectivity index (χ2n) is 5.41. The van der Waals surface area contributed by atoms with E-state index in [-0.39, 0.29) is 12.0 Å². The quantitative estimate of drug-likeness (QED) is 0.801. The van der Waals surface area contributed by atoms with Gasteiger partial charge < -0.3 is 4.57 Å². The van der Waals surface area contributed by atoms with E-state index in [0.717, 1.165) is 18.7 Å². The Bertz CT molecular complexity index is 492. The lowest BCUT2D eigenvalue weighted by molar-refractivity contribution is 0.489. The van der Waals surface area contributed by atoms with Crippen molar-refractivity contribution in [1.82, 2.24) is 4.57 Å². The molecule has 1 rings (SSSR count). The molecular weight excluding hydrogens is 224 g/mol. The van der Waals surface area contributed by atoms with Gasteiger partial charge in [-0.25, -0.2) is 0 Å². The molecule has 3 nitrogen and oxygen atoms in total. The van der Waals surface area contributed by atoms with Crippen LogP contribution in [0.3, 0.4) is 0 Å². The van der Waals surface area contributed by atoms with Crippen molar-refractivity contribution in [2.75, 3.05) is 0 Å². The molecule has 0 aliphatic carbocycles. The van der Waals surface area contributed by atoms with Gasteiger partial charge in [-0.1, -0.05) is 33.8 Å². The summed E-state index contributed by atoms with van der Waals surface area (Å²) in [5.74, 6) is 0.887. The lowest BCUT2D eigenvalue weighted by atomic mass is 10.1. The van der Waals surface area contributed by atoms with E-state index in [2.05, 4.69) is 33.8 Å². The van der Waals surface area contributed by atoms with Crippen molar-refractivity contribution < 1.29 is 0 Å². The molecule has 1 aromatic rings. The van der Waals surface area contributed by atoms with Crippen molar-refractivity contribution in [3.63, 3.8) is 0 Å². The lowest BCUT2D eigenvalue weighted by Gasteiger charge is -2.17. The molecule has 0 spiro atoms. The summed E-state index contributed by atoms with van der Waals surface area (Å²) in [7, 11) is 0.